The maximum Gasteiger partial charge on any atom is 0.213 e. The summed E-state index contributed by atoms with van der Waals surface area (Å²) in [6.07, 6.45) is 8.39. The van der Waals surface area contributed by atoms with E-state index in [-0.39, 0.29) is 0 Å². The van der Waals surface area contributed by atoms with Crippen LogP contribution in [0.2, 0.25) is 0 Å². The number of likely N-dealkylation sites (tertiary alicyclic amines) is 2. The summed E-state index contributed by atoms with van der Waals surface area (Å²) in [7, 11) is 2.28. The van der Waals surface area contributed by atoms with E-state index in [2.05, 4.69) is 47.0 Å². The zero-order valence-corrected chi connectivity index (χ0v) is 16.7. The molecule has 2 aromatic rings. The number of hydrogen-bond donors (Lipinski definition) is 0. The van der Waals surface area contributed by atoms with Crippen molar-refractivity contribution in [1.82, 2.24) is 24.6 Å². The van der Waals surface area contributed by atoms with Gasteiger partial charge in [0.05, 0.1) is 12.8 Å². The Bertz CT molecular complexity index is 738. The predicted octanol–water partition coefficient (Wildman–Crippen LogP) is 2.83. The minimum atomic E-state index is 0.310. The fourth-order valence-electron chi connectivity index (χ4n) is 4.45. The van der Waals surface area contributed by atoms with Crippen LogP contribution in [0.4, 0.5) is 0 Å². The number of hydrogen-bond acceptors (Lipinski definition) is 5. The second-order valence-electron chi connectivity index (χ2n) is 8.55. The van der Waals surface area contributed by atoms with Gasteiger partial charge in [-0.05, 0) is 52.3 Å². The largest absolute Gasteiger partial charge is 0.477 e. The molecule has 0 saturated carbocycles. The van der Waals surface area contributed by atoms with E-state index < -0.39 is 0 Å². The molecule has 0 amide bonds. The van der Waals surface area contributed by atoms with Crippen LogP contribution in [0.25, 0.3) is 0 Å². The molecular weight excluding hydrogens is 338 g/mol. The highest BCUT2D eigenvalue weighted by Gasteiger charge is 2.49. The Kier molecular flexibility index (Phi) is 5.19. The molecule has 2 aliphatic rings. The zero-order chi connectivity index (χ0) is 18.9. The van der Waals surface area contributed by atoms with Crippen LogP contribution in [0, 0.1) is 5.92 Å². The van der Waals surface area contributed by atoms with Crippen molar-refractivity contribution in [2.45, 2.75) is 44.8 Å². The minimum Gasteiger partial charge on any atom is -0.477 e. The summed E-state index contributed by atoms with van der Waals surface area (Å²) in [5, 5.41) is 4.47. The molecule has 0 N–H and O–H groups in total. The van der Waals surface area contributed by atoms with Gasteiger partial charge in [-0.2, -0.15) is 5.10 Å². The van der Waals surface area contributed by atoms with Crippen molar-refractivity contribution in [2.24, 2.45) is 5.92 Å². The van der Waals surface area contributed by atoms with Crippen LogP contribution < -0.4 is 4.74 Å². The average molecular weight is 370 g/mol. The number of pyridine rings is 1. The molecule has 0 aromatic carbocycles. The van der Waals surface area contributed by atoms with E-state index in [4.69, 9.17) is 4.74 Å². The average Bonchev–Trinajstić information content (AvgIpc) is 3.11. The van der Waals surface area contributed by atoms with E-state index in [0.717, 1.165) is 38.7 Å². The van der Waals surface area contributed by atoms with E-state index in [0.29, 0.717) is 17.5 Å². The van der Waals surface area contributed by atoms with E-state index >= 15 is 0 Å². The normalized spacial score (nSPS) is 22.9. The Morgan fingerprint density at radius 3 is 2.85 bits per heavy atom. The van der Waals surface area contributed by atoms with E-state index in [1.165, 1.54) is 18.4 Å². The van der Waals surface area contributed by atoms with Gasteiger partial charge in [-0.15, -0.1) is 0 Å². The molecule has 6 heteroatoms. The van der Waals surface area contributed by atoms with E-state index in [1.54, 1.807) is 6.20 Å². The molecule has 6 nitrogen and oxygen atoms in total. The topological polar surface area (TPSA) is 46.4 Å². The number of nitrogens with zero attached hydrogens (tertiary/aromatic N) is 5. The van der Waals surface area contributed by atoms with Crippen LogP contribution in [0.1, 0.15) is 38.3 Å². The second-order valence-corrected chi connectivity index (χ2v) is 8.55. The predicted molar refractivity (Wildman–Crippen MR) is 106 cm³/mol. The smallest absolute Gasteiger partial charge is 0.213 e. The third kappa shape index (κ3) is 4.01. The molecule has 27 heavy (non-hydrogen) atoms. The highest BCUT2D eigenvalue weighted by atomic mass is 16.5. The van der Waals surface area contributed by atoms with Gasteiger partial charge in [-0.25, -0.2) is 4.98 Å². The molecule has 2 aliphatic heterocycles. The lowest BCUT2D eigenvalue weighted by Crippen LogP contribution is -2.71. The quantitative estimate of drug-likeness (QED) is 0.784. The molecule has 1 atom stereocenters. The summed E-state index contributed by atoms with van der Waals surface area (Å²) < 4.78 is 7.98. The van der Waals surface area contributed by atoms with Gasteiger partial charge < -0.3 is 4.74 Å². The van der Waals surface area contributed by atoms with Crippen molar-refractivity contribution < 1.29 is 4.74 Å². The fourth-order valence-corrected chi connectivity index (χ4v) is 4.45. The molecule has 1 spiro atoms. The standard InChI is InChI=1S/C21H31N5O/c1-17(2)26-13-19(11-23-26)12-25-15-21(16-25)10-18(7-9-24(21)3)14-27-20-6-4-5-8-22-20/h4-6,8,11,13,17-18H,7,9-10,12,14-16H2,1-3H3. The Morgan fingerprint density at radius 2 is 2.15 bits per heavy atom. The first-order valence-electron chi connectivity index (χ1n) is 10.0. The molecule has 2 saturated heterocycles. The van der Waals surface area contributed by atoms with Crippen molar-refractivity contribution >= 4 is 0 Å². The van der Waals surface area contributed by atoms with Crippen LogP contribution in [-0.4, -0.2) is 63.4 Å². The summed E-state index contributed by atoms with van der Waals surface area (Å²) >= 11 is 0. The first-order valence-corrected chi connectivity index (χ1v) is 10.0. The molecule has 4 heterocycles. The Morgan fingerprint density at radius 1 is 1.30 bits per heavy atom. The Labute approximate surface area is 162 Å². The Hall–Kier alpha value is -1.92. The maximum atomic E-state index is 5.94. The number of likely N-dealkylation sites (N-methyl/N-ethyl adjacent to an activating group) is 1. The van der Waals surface area contributed by atoms with Crippen LogP contribution in [0.3, 0.4) is 0 Å². The molecule has 0 aliphatic carbocycles. The molecule has 4 rings (SSSR count). The van der Waals surface area contributed by atoms with Gasteiger partial charge in [0.2, 0.25) is 5.88 Å². The second kappa shape index (κ2) is 7.60. The lowest BCUT2D eigenvalue weighted by atomic mass is 9.75. The fraction of sp³-hybridized carbons (Fsp3) is 0.619. The third-order valence-electron chi connectivity index (χ3n) is 6.08. The minimum absolute atomic E-state index is 0.310. The van der Waals surface area contributed by atoms with Crippen molar-refractivity contribution in [3.8, 4) is 5.88 Å². The molecule has 146 valence electrons. The van der Waals surface area contributed by atoms with Gasteiger partial charge in [0.1, 0.15) is 0 Å². The Balaban J connectivity index is 1.30. The number of piperidine rings is 1. The van der Waals surface area contributed by atoms with Crippen molar-refractivity contribution in [2.75, 3.05) is 33.3 Å². The van der Waals surface area contributed by atoms with E-state index in [9.17, 15) is 0 Å². The first-order chi connectivity index (χ1) is 13.0. The summed E-state index contributed by atoms with van der Waals surface area (Å²) in [5.74, 6) is 1.34. The summed E-state index contributed by atoms with van der Waals surface area (Å²) in [4.78, 5) is 9.38. The van der Waals surface area contributed by atoms with Gasteiger partial charge in [0.25, 0.3) is 0 Å². The molecule has 0 radical (unpaired) electrons. The molecule has 2 aromatic heterocycles. The van der Waals surface area contributed by atoms with Crippen molar-refractivity contribution in [1.29, 1.82) is 0 Å². The molecule has 0 bridgehead atoms. The van der Waals surface area contributed by atoms with Crippen LogP contribution in [0.5, 0.6) is 5.88 Å². The van der Waals surface area contributed by atoms with Gasteiger partial charge in [0.15, 0.2) is 0 Å². The molecular formula is C21H31N5O. The lowest BCUT2D eigenvalue weighted by Gasteiger charge is -2.58. The van der Waals surface area contributed by atoms with Crippen LogP contribution in [-0.2, 0) is 6.54 Å². The van der Waals surface area contributed by atoms with Crippen molar-refractivity contribution in [3.63, 3.8) is 0 Å². The van der Waals surface area contributed by atoms with Crippen LogP contribution in [0.15, 0.2) is 36.8 Å². The van der Waals surface area contributed by atoms with Gasteiger partial charge in [-0.3, -0.25) is 14.5 Å². The number of ether oxygens (including phenoxy) is 1. The molecule has 1 unspecified atom stereocenters. The third-order valence-corrected chi connectivity index (χ3v) is 6.08. The van der Waals surface area contributed by atoms with Gasteiger partial charge in [0, 0.05) is 55.2 Å². The lowest BCUT2D eigenvalue weighted by molar-refractivity contribution is -0.0875. The van der Waals surface area contributed by atoms with Gasteiger partial charge >= 0.3 is 0 Å². The van der Waals surface area contributed by atoms with Crippen LogP contribution >= 0.6 is 0 Å². The number of aromatic nitrogens is 3. The maximum absolute atomic E-state index is 5.94. The van der Waals surface area contributed by atoms with Crippen molar-refractivity contribution in [3.05, 3.63) is 42.4 Å². The SMILES string of the molecule is CC(C)n1cc(CN2CC3(CC(COc4ccccn4)CCN3C)C2)cn1. The summed E-state index contributed by atoms with van der Waals surface area (Å²) in [6.45, 7) is 9.52. The van der Waals surface area contributed by atoms with E-state index in [1.807, 2.05) is 29.1 Å². The monoisotopic (exact) mass is 369 g/mol. The highest BCUT2D eigenvalue weighted by molar-refractivity contribution is 5.12. The van der Waals surface area contributed by atoms with Gasteiger partial charge in [-0.1, -0.05) is 6.07 Å². The highest BCUT2D eigenvalue weighted by Crippen LogP contribution is 2.39. The summed E-state index contributed by atoms with van der Waals surface area (Å²) in [6, 6.07) is 6.26. The molecule has 2 fully saturated rings. The summed E-state index contributed by atoms with van der Waals surface area (Å²) in [5.41, 5.74) is 1.62. The zero-order valence-electron chi connectivity index (χ0n) is 16.7. The number of rotatable bonds is 6. The first kappa shape index (κ1) is 18.4.